The highest BCUT2D eigenvalue weighted by Gasteiger charge is 2.25. The number of nitrogens with zero attached hydrogens (tertiary/aromatic N) is 4. The molecule has 0 atom stereocenters. The Balaban J connectivity index is 1.13. The summed E-state index contributed by atoms with van der Waals surface area (Å²) in [6, 6.07) is 85.2. The molecule has 0 radical (unpaired) electrons. The molecule has 0 aliphatic carbocycles. The molecule has 0 aliphatic rings. The van der Waals surface area contributed by atoms with E-state index >= 15 is 0 Å². The van der Waals surface area contributed by atoms with Crippen LogP contribution in [-0.2, 0) is 0 Å². The molecule has 3 aromatic heterocycles. The fourth-order valence-corrected chi connectivity index (χ4v) is 9.88. The van der Waals surface area contributed by atoms with Gasteiger partial charge in [0.1, 0.15) is 11.2 Å². The fraction of sp³-hybridized carbons (Fsp3) is 0. The van der Waals surface area contributed by atoms with Crippen LogP contribution in [0.5, 0.6) is 0 Å². The van der Waals surface area contributed by atoms with Crippen LogP contribution in [0, 0.1) is 0 Å². The summed E-state index contributed by atoms with van der Waals surface area (Å²) < 4.78 is 9.05. The summed E-state index contributed by atoms with van der Waals surface area (Å²) in [4.78, 5) is 16.1. The molecule has 68 heavy (non-hydrogen) atoms. The van der Waals surface area contributed by atoms with Crippen LogP contribution in [0.3, 0.4) is 0 Å². The Kier molecular flexibility index (Phi) is 9.43. The van der Waals surface area contributed by atoms with Gasteiger partial charge in [0.25, 0.3) is 0 Å². The summed E-state index contributed by atoms with van der Waals surface area (Å²) in [6.07, 6.45) is 0. The van der Waals surface area contributed by atoms with E-state index in [0.717, 1.165) is 105 Å². The molecule has 0 spiro atoms. The molecule has 0 fully saturated rings. The Bertz CT molecular complexity index is 3880. The van der Waals surface area contributed by atoms with Crippen molar-refractivity contribution in [2.24, 2.45) is 0 Å². The largest absolute Gasteiger partial charge is 0.456 e. The molecule has 0 N–H and O–H groups in total. The zero-order chi connectivity index (χ0) is 45.0. The predicted molar refractivity (Wildman–Crippen MR) is 279 cm³/mol. The van der Waals surface area contributed by atoms with Crippen LogP contribution >= 0.6 is 0 Å². The van der Waals surface area contributed by atoms with Crippen molar-refractivity contribution in [2.45, 2.75) is 0 Å². The molecule has 0 bridgehead atoms. The van der Waals surface area contributed by atoms with Crippen LogP contribution in [0.15, 0.2) is 247 Å². The number of rotatable bonds is 8. The SMILES string of the molecule is c1ccc(-c2cc(-c3ccccc3)cc(-c3nc(-c4ccccc4)nc(-c4cc(-c5ccccc5)c(-n5c6ccccc6c6ccc7oc8ccccc8c7c65)c(-c5ccccc5)c4)n3)c2)cc1. The van der Waals surface area contributed by atoms with Crippen LogP contribution < -0.4 is 0 Å². The van der Waals surface area contributed by atoms with Gasteiger partial charge in [-0.2, -0.15) is 0 Å². The van der Waals surface area contributed by atoms with E-state index in [0.29, 0.717) is 17.5 Å². The second-order valence-electron chi connectivity index (χ2n) is 17.1. The molecule has 5 nitrogen and oxygen atoms in total. The Hall–Kier alpha value is -9.19. The van der Waals surface area contributed by atoms with E-state index in [-0.39, 0.29) is 0 Å². The molecular weight excluding hydrogens is 829 g/mol. The van der Waals surface area contributed by atoms with Crippen molar-refractivity contribution in [1.29, 1.82) is 0 Å². The zero-order valence-corrected chi connectivity index (χ0v) is 36.8. The van der Waals surface area contributed by atoms with Gasteiger partial charge in [-0.25, -0.2) is 15.0 Å². The van der Waals surface area contributed by atoms with Gasteiger partial charge in [0, 0.05) is 44.0 Å². The summed E-state index contributed by atoms with van der Waals surface area (Å²) in [5.41, 5.74) is 16.2. The summed E-state index contributed by atoms with van der Waals surface area (Å²) in [5, 5.41) is 4.48. The third kappa shape index (κ3) is 6.76. The minimum absolute atomic E-state index is 0.576. The van der Waals surface area contributed by atoms with E-state index in [9.17, 15) is 0 Å². The van der Waals surface area contributed by atoms with Crippen molar-refractivity contribution < 1.29 is 4.42 Å². The van der Waals surface area contributed by atoms with E-state index < -0.39 is 0 Å². The monoisotopic (exact) mass is 868 g/mol. The zero-order valence-electron chi connectivity index (χ0n) is 36.8. The molecule has 0 amide bonds. The first-order chi connectivity index (χ1) is 33.7. The van der Waals surface area contributed by atoms with E-state index in [2.05, 4.69) is 223 Å². The Morgan fingerprint density at radius 1 is 0.294 bits per heavy atom. The highest BCUT2D eigenvalue weighted by Crippen LogP contribution is 2.47. The maximum Gasteiger partial charge on any atom is 0.164 e. The predicted octanol–water partition coefficient (Wildman–Crippen LogP) is 16.5. The minimum Gasteiger partial charge on any atom is -0.456 e. The molecule has 10 aromatic carbocycles. The van der Waals surface area contributed by atoms with Gasteiger partial charge >= 0.3 is 0 Å². The maximum atomic E-state index is 6.58. The van der Waals surface area contributed by atoms with Gasteiger partial charge in [-0.05, 0) is 88.0 Å². The number of hydrogen-bond donors (Lipinski definition) is 0. The van der Waals surface area contributed by atoms with Gasteiger partial charge < -0.3 is 8.98 Å². The normalized spacial score (nSPS) is 11.5. The molecule has 0 saturated heterocycles. The Labute approximate surface area is 392 Å². The average molecular weight is 869 g/mol. The minimum atomic E-state index is 0.576. The lowest BCUT2D eigenvalue weighted by Crippen LogP contribution is -2.04. The van der Waals surface area contributed by atoms with Crippen molar-refractivity contribution in [2.75, 3.05) is 0 Å². The Morgan fingerprint density at radius 2 is 0.721 bits per heavy atom. The highest BCUT2D eigenvalue weighted by molar-refractivity contribution is 6.25. The lowest BCUT2D eigenvalue weighted by Gasteiger charge is -2.21. The van der Waals surface area contributed by atoms with E-state index in [4.69, 9.17) is 19.4 Å². The van der Waals surface area contributed by atoms with Crippen molar-refractivity contribution in [3.8, 4) is 84.4 Å². The van der Waals surface area contributed by atoms with Crippen molar-refractivity contribution >= 4 is 43.7 Å². The quantitative estimate of drug-likeness (QED) is 0.153. The third-order valence-electron chi connectivity index (χ3n) is 13.0. The van der Waals surface area contributed by atoms with Crippen LogP contribution in [-0.4, -0.2) is 19.5 Å². The first kappa shape index (κ1) is 39.2. The smallest absolute Gasteiger partial charge is 0.164 e. The van der Waals surface area contributed by atoms with Gasteiger partial charge in [0.05, 0.1) is 22.1 Å². The summed E-state index contributed by atoms with van der Waals surface area (Å²) in [6.45, 7) is 0. The van der Waals surface area contributed by atoms with Crippen LogP contribution in [0.25, 0.3) is 128 Å². The number of aromatic nitrogens is 4. The van der Waals surface area contributed by atoms with Gasteiger partial charge in [0.2, 0.25) is 0 Å². The second-order valence-corrected chi connectivity index (χ2v) is 17.1. The molecule has 0 saturated carbocycles. The summed E-state index contributed by atoms with van der Waals surface area (Å²) in [7, 11) is 0. The summed E-state index contributed by atoms with van der Waals surface area (Å²) in [5.74, 6) is 1.76. The topological polar surface area (TPSA) is 56.7 Å². The van der Waals surface area contributed by atoms with Crippen LogP contribution in [0.1, 0.15) is 0 Å². The van der Waals surface area contributed by atoms with E-state index in [1.165, 1.54) is 5.39 Å². The van der Waals surface area contributed by atoms with Gasteiger partial charge in [-0.15, -0.1) is 0 Å². The second kappa shape index (κ2) is 16.4. The lowest BCUT2D eigenvalue weighted by atomic mass is 9.92. The molecule has 13 aromatic rings. The molecule has 0 aliphatic heterocycles. The molecule has 5 heteroatoms. The summed E-state index contributed by atoms with van der Waals surface area (Å²) >= 11 is 0. The van der Waals surface area contributed by atoms with Crippen molar-refractivity contribution in [1.82, 2.24) is 19.5 Å². The van der Waals surface area contributed by atoms with Gasteiger partial charge in [0.15, 0.2) is 17.5 Å². The average Bonchev–Trinajstić information content (AvgIpc) is 3.97. The number of para-hydroxylation sites is 2. The maximum absolute atomic E-state index is 6.58. The standard InChI is InChI=1S/C63H40N4O/c1-6-20-41(21-7-1)46-36-47(42-22-8-2-9-23-42)38-48(37-46)62-64-61(45-28-14-5-15-29-45)65-63(66-62)49-39-53(43-24-10-3-11-25-43)59(54(40-49)44-26-12-4-13-27-44)67-55-32-18-16-30-50(55)51-34-35-57-58(60(51)67)52-31-17-19-33-56(52)68-57/h1-40H. The fourth-order valence-electron chi connectivity index (χ4n) is 9.88. The number of benzene rings is 10. The van der Waals surface area contributed by atoms with Crippen LogP contribution in [0.4, 0.5) is 0 Å². The first-order valence-electron chi connectivity index (χ1n) is 22.9. The highest BCUT2D eigenvalue weighted by atomic mass is 16.3. The molecule has 318 valence electrons. The van der Waals surface area contributed by atoms with Crippen molar-refractivity contribution in [3.05, 3.63) is 243 Å². The number of fused-ring (bicyclic) bond motifs is 7. The van der Waals surface area contributed by atoms with Crippen LogP contribution in [0.2, 0.25) is 0 Å². The molecule has 13 rings (SSSR count). The van der Waals surface area contributed by atoms with E-state index in [1.807, 2.05) is 24.3 Å². The molecule has 0 unspecified atom stereocenters. The lowest BCUT2D eigenvalue weighted by molar-refractivity contribution is 0.669. The van der Waals surface area contributed by atoms with E-state index in [1.54, 1.807) is 0 Å². The van der Waals surface area contributed by atoms with Gasteiger partial charge in [-0.1, -0.05) is 188 Å². The molecular formula is C63H40N4O. The van der Waals surface area contributed by atoms with Gasteiger partial charge in [-0.3, -0.25) is 0 Å². The van der Waals surface area contributed by atoms with Crippen molar-refractivity contribution in [3.63, 3.8) is 0 Å². The third-order valence-corrected chi connectivity index (χ3v) is 13.0. The molecule has 3 heterocycles. The number of furan rings is 1. The first-order valence-corrected chi connectivity index (χ1v) is 22.9. The number of hydrogen-bond acceptors (Lipinski definition) is 4. The Morgan fingerprint density at radius 3 is 1.28 bits per heavy atom.